The Morgan fingerprint density at radius 3 is 2.80 bits per heavy atom. The normalized spacial score (nSPS) is 22.1. The number of nitrogens with one attached hydrogen (secondary N) is 2. The van der Waals surface area contributed by atoms with Crippen LogP contribution in [0.3, 0.4) is 0 Å². The van der Waals surface area contributed by atoms with E-state index in [0.717, 1.165) is 13.0 Å². The molecule has 90 valence electrons. The van der Waals surface area contributed by atoms with Gasteiger partial charge in [0.15, 0.2) is 0 Å². The van der Waals surface area contributed by atoms with Crippen molar-refractivity contribution in [3.05, 3.63) is 0 Å². The van der Waals surface area contributed by atoms with E-state index < -0.39 is 10.0 Å². The van der Waals surface area contributed by atoms with Crippen LogP contribution in [0.4, 0.5) is 0 Å². The minimum Gasteiger partial charge on any atom is -0.313 e. The standard InChI is InChI=1S/C9H20N2O2S2/c1-2-15(12,13)11-6-3-5-10-9-4-7-14-8-9/h9-11H,2-8H2,1H3. The number of sulfonamides is 1. The van der Waals surface area contributed by atoms with Gasteiger partial charge in [-0.25, -0.2) is 13.1 Å². The molecule has 1 aliphatic rings. The zero-order valence-electron chi connectivity index (χ0n) is 9.16. The molecule has 0 saturated carbocycles. The monoisotopic (exact) mass is 252 g/mol. The molecule has 0 aromatic rings. The van der Waals surface area contributed by atoms with Crippen LogP contribution in [0.15, 0.2) is 0 Å². The molecule has 6 heteroatoms. The number of rotatable bonds is 7. The van der Waals surface area contributed by atoms with Crippen LogP contribution in [-0.4, -0.2) is 44.8 Å². The molecule has 1 rings (SSSR count). The summed E-state index contributed by atoms with van der Waals surface area (Å²) in [5.41, 5.74) is 0. The SMILES string of the molecule is CCS(=O)(=O)NCCCNC1CCSC1. The highest BCUT2D eigenvalue weighted by Crippen LogP contribution is 2.16. The summed E-state index contributed by atoms with van der Waals surface area (Å²) in [6.07, 6.45) is 2.10. The van der Waals surface area contributed by atoms with Crippen molar-refractivity contribution >= 4 is 21.8 Å². The molecule has 1 saturated heterocycles. The second kappa shape index (κ2) is 6.73. The molecule has 0 aromatic carbocycles. The molecule has 0 radical (unpaired) electrons. The predicted octanol–water partition coefficient (Wildman–Crippen LogP) is 0.411. The van der Waals surface area contributed by atoms with Crippen molar-refractivity contribution in [1.82, 2.24) is 10.0 Å². The second-order valence-corrected chi connectivity index (χ2v) is 6.91. The summed E-state index contributed by atoms with van der Waals surface area (Å²) in [5.74, 6) is 2.61. The van der Waals surface area contributed by atoms with Crippen LogP contribution in [-0.2, 0) is 10.0 Å². The first-order valence-electron chi connectivity index (χ1n) is 5.42. The smallest absolute Gasteiger partial charge is 0.211 e. The van der Waals surface area contributed by atoms with E-state index in [2.05, 4.69) is 10.0 Å². The molecule has 0 aromatic heterocycles. The molecule has 1 heterocycles. The Hall–Kier alpha value is 0.220. The van der Waals surface area contributed by atoms with Crippen LogP contribution in [0.2, 0.25) is 0 Å². The van der Waals surface area contributed by atoms with Gasteiger partial charge in [0.1, 0.15) is 0 Å². The average Bonchev–Trinajstić information content (AvgIpc) is 2.70. The van der Waals surface area contributed by atoms with Gasteiger partial charge in [-0.05, 0) is 32.1 Å². The molecular formula is C9H20N2O2S2. The average molecular weight is 252 g/mol. The topological polar surface area (TPSA) is 58.2 Å². The summed E-state index contributed by atoms with van der Waals surface area (Å²) in [5, 5.41) is 3.43. The lowest BCUT2D eigenvalue weighted by atomic mass is 10.2. The third kappa shape index (κ3) is 5.75. The fourth-order valence-electron chi connectivity index (χ4n) is 1.42. The maximum absolute atomic E-state index is 11.1. The fraction of sp³-hybridized carbons (Fsp3) is 1.00. The lowest BCUT2D eigenvalue weighted by Crippen LogP contribution is -2.33. The Morgan fingerprint density at radius 1 is 1.40 bits per heavy atom. The Balaban J connectivity index is 1.97. The molecular weight excluding hydrogens is 232 g/mol. The van der Waals surface area contributed by atoms with Crippen LogP contribution in [0.1, 0.15) is 19.8 Å². The van der Waals surface area contributed by atoms with Crippen LogP contribution in [0, 0.1) is 0 Å². The van der Waals surface area contributed by atoms with Gasteiger partial charge >= 0.3 is 0 Å². The maximum Gasteiger partial charge on any atom is 0.211 e. The van der Waals surface area contributed by atoms with Crippen LogP contribution in [0.25, 0.3) is 0 Å². The molecule has 15 heavy (non-hydrogen) atoms. The van der Waals surface area contributed by atoms with Gasteiger partial charge < -0.3 is 5.32 Å². The molecule has 1 fully saturated rings. The highest BCUT2D eigenvalue weighted by atomic mass is 32.2. The summed E-state index contributed by atoms with van der Waals surface area (Å²) in [7, 11) is -3.00. The summed E-state index contributed by atoms with van der Waals surface area (Å²) in [4.78, 5) is 0. The molecule has 0 bridgehead atoms. The van der Waals surface area contributed by atoms with Gasteiger partial charge in [0.2, 0.25) is 10.0 Å². The number of hydrogen-bond acceptors (Lipinski definition) is 4. The Labute approximate surface area is 96.6 Å². The van der Waals surface area contributed by atoms with E-state index >= 15 is 0 Å². The third-order valence-corrected chi connectivity index (χ3v) is 4.98. The molecule has 2 N–H and O–H groups in total. The fourth-order valence-corrected chi connectivity index (χ4v) is 3.27. The first-order valence-corrected chi connectivity index (χ1v) is 8.23. The molecule has 1 unspecified atom stereocenters. The Bertz CT molecular complexity index is 261. The predicted molar refractivity (Wildman–Crippen MR) is 65.8 cm³/mol. The largest absolute Gasteiger partial charge is 0.313 e. The highest BCUT2D eigenvalue weighted by molar-refractivity contribution is 7.99. The summed E-state index contributed by atoms with van der Waals surface area (Å²) >= 11 is 1.98. The molecule has 1 atom stereocenters. The Kier molecular flexibility index (Phi) is 5.96. The molecule has 4 nitrogen and oxygen atoms in total. The first kappa shape index (κ1) is 13.3. The van der Waals surface area contributed by atoms with Crippen molar-refractivity contribution in [1.29, 1.82) is 0 Å². The minimum absolute atomic E-state index is 0.166. The van der Waals surface area contributed by atoms with Crippen LogP contribution < -0.4 is 10.0 Å². The highest BCUT2D eigenvalue weighted by Gasteiger charge is 2.13. The molecule has 0 aliphatic carbocycles. The third-order valence-electron chi connectivity index (χ3n) is 2.42. The number of hydrogen-bond donors (Lipinski definition) is 2. The van der Waals surface area contributed by atoms with Crippen molar-refractivity contribution in [2.75, 3.05) is 30.3 Å². The Morgan fingerprint density at radius 2 is 2.20 bits per heavy atom. The number of thioether (sulfide) groups is 1. The van der Waals surface area contributed by atoms with Crippen molar-refractivity contribution in [2.45, 2.75) is 25.8 Å². The van der Waals surface area contributed by atoms with Crippen molar-refractivity contribution in [2.24, 2.45) is 0 Å². The molecule has 1 aliphatic heterocycles. The molecule has 0 spiro atoms. The lowest BCUT2D eigenvalue weighted by molar-refractivity contribution is 0.537. The van der Waals surface area contributed by atoms with Gasteiger partial charge in [0.05, 0.1) is 5.75 Å². The van der Waals surface area contributed by atoms with Crippen LogP contribution in [0.5, 0.6) is 0 Å². The van der Waals surface area contributed by atoms with Crippen LogP contribution >= 0.6 is 11.8 Å². The van der Waals surface area contributed by atoms with Gasteiger partial charge in [0, 0.05) is 18.3 Å². The van der Waals surface area contributed by atoms with Gasteiger partial charge in [-0.15, -0.1) is 0 Å². The quantitative estimate of drug-likeness (QED) is 0.644. The minimum atomic E-state index is -3.00. The van der Waals surface area contributed by atoms with E-state index in [9.17, 15) is 8.42 Å². The summed E-state index contributed by atoms with van der Waals surface area (Å²) in [6.45, 7) is 3.09. The van der Waals surface area contributed by atoms with Crippen molar-refractivity contribution < 1.29 is 8.42 Å². The maximum atomic E-state index is 11.1. The van der Waals surface area contributed by atoms with Gasteiger partial charge in [-0.2, -0.15) is 11.8 Å². The van der Waals surface area contributed by atoms with E-state index in [-0.39, 0.29) is 5.75 Å². The van der Waals surface area contributed by atoms with E-state index in [4.69, 9.17) is 0 Å². The van der Waals surface area contributed by atoms with Gasteiger partial charge in [0.25, 0.3) is 0 Å². The van der Waals surface area contributed by atoms with Gasteiger partial charge in [-0.3, -0.25) is 0 Å². The second-order valence-electron chi connectivity index (χ2n) is 3.67. The summed E-state index contributed by atoms with van der Waals surface area (Å²) < 4.78 is 24.7. The first-order chi connectivity index (χ1) is 7.14. The van der Waals surface area contributed by atoms with E-state index in [1.165, 1.54) is 17.9 Å². The van der Waals surface area contributed by atoms with Gasteiger partial charge in [-0.1, -0.05) is 0 Å². The van der Waals surface area contributed by atoms with Crippen molar-refractivity contribution in [3.63, 3.8) is 0 Å². The zero-order valence-corrected chi connectivity index (χ0v) is 10.8. The van der Waals surface area contributed by atoms with E-state index in [1.807, 2.05) is 11.8 Å². The van der Waals surface area contributed by atoms with E-state index in [0.29, 0.717) is 12.6 Å². The van der Waals surface area contributed by atoms with E-state index in [1.54, 1.807) is 6.92 Å². The summed E-state index contributed by atoms with van der Waals surface area (Å²) in [6, 6.07) is 0.637. The molecule has 0 amide bonds. The zero-order chi connectivity index (χ0) is 11.1. The van der Waals surface area contributed by atoms with Crippen molar-refractivity contribution in [3.8, 4) is 0 Å². The lowest BCUT2D eigenvalue weighted by Gasteiger charge is -2.10.